The number of piperazine rings is 1. The molecule has 1 aromatic carbocycles. The second-order valence-corrected chi connectivity index (χ2v) is 7.30. The minimum atomic E-state index is -0.327. The molecule has 1 unspecified atom stereocenters. The van der Waals surface area contributed by atoms with Gasteiger partial charge in [-0.15, -0.1) is 0 Å². The normalized spacial score (nSPS) is 18.6. The van der Waals surface area contributed by atoms with E-state index < -0.39 is 0 Å². The van der Waals surface area contributed by atoms with Crippen LogP contribution in [0.15, 0.2) is 36.7 Å². The van der Waals surface area contributed by atoms with E-state index in [9.17, 15) is 9.59 Å². The van der Waals surface area contributed by atoms with Crippen LogP contribution in [0, 0.1) is 0 Å². The number of benzene rings is 1. The Balaban J connectivity index is 1.42. The lowest BCUT2D eigenvalue weighted by atomic mass is 10.1. The molecule has 0 bridgehead atoms. The number of amides is 2. The first-order valence-electron chi connectivity index (χ1n) is 9.98. The number of hydrogen-bond donors (Lipinski definition) is 0. The molecule has 29 heavy (non-hydrogen) atoms. The van der Waals surface area contributed by atoms with E-state index >= 15 is 0 Å². The topological polar surface area (TPSA) is 78.9 Å². The molecule has 0 aliphatic carbocycles. The number of hydrogen-bond acceptors (Lipinski definition) is 6. The SMILES string of the molecule is CCOC(=O)N1CCN(C(=O)c2cnc(N3c4ccccc4CC3C)nc2)CC1. The average Bonchev–Trinajstić information content (AvgIpc) is 3.09. The van der Waals surface area contributed by atoms with Crippen LogP contribution in [-0.2, 0) is 11.2 Å². The predicted octanol–water partition coefficient (Wildman–Crippen LogP) is 2.47. The maximum absolute atomic E-state index is 12.8. The fourth-order valence-electron chi connectivity index (χ4n) is 3.92. The van der Waals surface area contributed by atoms with Crippen LogP contribution in [0.2, 0.25) is 0 Å². The number of aromatic nitrogens is 2. The molecule has 3 heterocycles. The number of carbonyl (C=O) groups excluding carboxylic acids is 2. The van der Waals surface area contributed by atoms with Crippen LogP contribution >= 0.6 is 0 Å². The first-order chi connectivity index (χ1) is 14.1. The van der Waals surface area contributed by atoms with E-state index in [2.05, 4.69) is 33.9 Å². The highest BCUT2D eigenvalue weighted by atomic mass is 16.6. The third-order valence-electron chi connectivity index (χ3n) is 5.40. The average molecular weight is 395 g/mol. The number of ether oxygens (including phenoxy) is 1. The molecule has 1 aromatic heterocycles. The molecule has 0 spiro atoms. The van der Waals surface area contributed by atoms with Crippen LogP contribution in [0.3, 0.4) is 0 Å². The Bertz CT molecular complexity index is 893. The van der Waals surface area contributed by atoms with E-state index in [1.165, 1.54) is 5.56 Å². The van der Waals surface area contributed by atoms with E-state index in [4.69, 9.17) is 4.74 Å². The van der Waals surface area contributed by atoms with Gasteiger partial charge in [0.05, 0.1) is 12.2 Å². The van der Waals surface area contributed by atoms with Gasteiger partial charge in [0, 0.05) is 50.3 Å². The molecule has 2 amide bonds. The number of fused-ring (bicyclic) bond motifs is 1. The maximum Gasteiger partial charge on any atom is 0.409 e. The molecule has 2 aliphatic heterocycles. The van der Waals surface area contributed by atoms with Crippen molar-refractivity contribution in [1.82, 2.24) is 19.8 Å². The number of carbonyl (C=O) groups is 2. The maximum atomic E-state index is 12.8. The quantitative estimate of drug-likeness (QED) is 0.794. The molecule has 4 rings (SSSR count). The van der Waals surface area contributed by atoms with Crippen molar-refractivity contribution < 1.29 is 14.3 Å². The van der Waals surface area contributed by atoms with E-state index in [-0.39, 0.29) is 18.0 Å². The van der Waals surface area contributed by atoms with Gasteiger partial charge in [-0.25, -0.2) is 14.8 Å². The largest absolute Gasteiger partial charge is 0.450 e. The lowest BCUT2D eigenvalue weighted by Crippen LogP contribution is -2.50. The number of anilines is 2. The van der Waals surface area contributed by atoms with Crippen LogP contribution in [-0.4, -0.2) is 70.6 Å². The Hall–Kier alpha value is -3.16. The molecule has 8 nitrogen and oxygen atoms in total. The molecular formula is C21H25N5O3. The molecule has 0 N–H and O–H groups in total. The van der Waals surface area contributed by atoms with Crippen LogP contribution < -0.4 is 4.90 Å². The monoisotopic (exact) mass is 395 g/mol. The van der Waals surface area contributed by atoms with Gasteiger partial charge in [0.15, 0.2) is 0 Å². The van der Waals surface area contributed by atoms with Crippen molar-refractivity contribution >= 4 is 23.6 Å². The zero-order valence-electron chi connectivity index (χ0n) is 16.7. The predicted molar refractivity (Wildman–Crippen MR) is 108 cm³/mol. The summed E-state index contributed by atoms with van der Waals surface area (Å²) in [4.78, 5) is 39.0. The Morgan fingerprint density at radius 1 is 1.07 bits per heavy atom. The van der Waals surface area contributed by atoms with Gasteiger partial charge in [0.1, 0.15) is 0 Å². The van der Waals surface area contributed by atoms with Crippen molar-refractivity contribution in [2.24, 2.45) is 0 Å². The van der Waals surface area contributed by atoms with Crippen molar-refractivity contribution in [3.8, 4) is 0 Å². The second kappa shape index (κ2) is 8.06. The van der Waals surface area contributed by atoms with Crippen LogP contribution in [0.25, 0.3) is 0 Å². The smallest absolute Gasteiger partial charge is 0.409 e. The van der Waals surface area contributed by atoms with Gasteiger partial charge in [-0.1, -0.05) is 18.2 Å². The van der Waals surface area contributed by atoms with E-state index in [0.29, 0.717) is 44.3 Å². The summed E-state index contributed by atoms with van der Waals surface area (Å²) < 4.78 is 5.02. The molecule has 152 valence electrons. The van der Waals surface area contributed by atoms with E-state index in [1.54, 1.807) is 29.1 Å². The molecule has 1 fully saturated rings. The summed E-state index contributed by atoms with van der Waals surface area (Å²) in [6.45, 7) is 6.14. The molecular weight excluding hydrogens is 370 g/mol. The highest BCUT2D eigenvalue weighted by Gasteiger charge is 2.29. The van der Waals surface area contributed by atoms with Gasteiger partial charge in [-0.05, 0) is 31.9 Å². The molecule has 2 aliphatic rings. The number of nitrogens with zero attached hydrogens (tertiary/aromatic N) is 5. The molecule has 0 saturated carbocycles. The first kappa shape index (κ1) is 19.2. The zero-order valence-corrected chi connectivity index (χ0v) is 16.7. The fourth-order valence-corrected chi connectivity index (χ4v) is 3.92. The van der Waals surface area contributed by atoms with Gasteiger partial charge in [0.25, 0.3) is 5.91 Å². The van der Waals surface area contributed by atoms with Crippen LogP contribution in [0.5, 0.6) is 0 Å². The standard InChI is InChI=1S/C21H25N5O3/c1-3-29-21(28)25-10-8-24(9-11-25)19(27)17-13-22-20(23-14-17)26-15(2)12-16-6-4-5-7-18(16)26/h4-7,13-15H,3,8-12H2,1-2H3. The lowest BCUT2D eigenvalue weighted by Gasteiger charge is -2.34. The molecule has 1 atom stereocenters. The second-order valence-electron chi connectivity index (χ2n) is 7.30. The highest BCUT2D eigenvalue weighted by molar-refractivity contribution is 5.94. The van der Waals surface area contributed by atoms with Gasteiger partial charge >= 0.3 is 6.09 Å². The number of para-hydroxylation sites is 1. The Kier molecular flexibility index (Phi) is 5.33. The first-order valence-corrected chi connectivity index (χ1v) is 9.98. The van der Waals surface area contributed by atoms with E-state index in [1.807, 2.05) is 12.1 Å². The van der Waals surface area contributed by atoms with Gasteiger partial charge in [-0.3, -0.25) is 4.79 Å². The summed E-state index contributed by atoms with van der Waals surface area (Å²) in [7, 11) is 0. The third-order valence-corrected chi connectivity index (χ3v) is 5.40. The van der Waals surface area contributed by atoms with Gasteiger partial charge in [-0.2, -0.15) is 0 Å². The van der Waals surface area contributed by atoms with Crippen LogP contribution in [0.4, 0.5) is 16.4 Å². The molecule has 0 radical (unpaired) electrons. The van der Waals surface area contributed by atoms with E-state index in [0.717, 1.165) is 12.1 Å². The number of rotatable bonds is 3. The van der Waals surface area contributed by atoms with Crippen molar-refractivity contribution in [2.75, 3.05) is 37.7 Å². The van der Waals surface area contributed by atoms with Crippen molar-refractivity contribution in [2.45, 2.75) is 26.3 Å². The van der Waals surface area contributed by atoms with Crippen LogP contribution in [0.1, 0.15) is 29.8 Å². The summed E-state index contributed by atoms with van der Waals surface area (Å²) >= 11 is 0. The van der Waals surface area contributed by atoms with Crippen molar-refractivity contribution in [3.63, 3.8) is 0 Å². The van der Waals surface area contributed by atoms with Crippen molar-refractivity contribution in [1.29, 1.82) is 0 Å². The molecule has 1 saturated heterocycles. The van der Waals surface area contributed by atoms with Crippen molar-refractivity contribution in [3.05, 3.63) is 47.8 Å². The summed E-state index contributed by atoms with van der Waals surface area (Å²) in [6, 6.07) is 8.52. The Morgan fingerprint density at radius 2 is 1.72 bits per heavy atom. The molecule has 8 heteroatoms. The fraction of sp³-hybridized carbons (Fsp3) is 0.429. The van der Waals surface area contributed by atoms with Gasteiger partial charge < -0.3 is 19.4 Å². The summed E-state index contributed by atoms with van der Waals surface area (Å²) in [5.74, 6) is 0.487. The summed E-state index contributed by atoms with van der Waals surface area (Å²) in [6.07, 6.45) is 3.81. The van der Waals surface area contributed by atoms with Gasteiger partial charge in [0.2, 0.25) is 5.95 Å². The lowest BCUT2D eigenvalue weighted by molar-refractivity contribution is 0.0570. The third kappa shape index (κ3) is 3.74. The zero-order chi connectivity index (χ0) is 20.4. The Morgan fingerprint density at radius 3 is 2.41 bits per heavy atom. The minimum absolute atomic E-state index is 0.116. The molecule has 2 aromatic rings. The minimum Gasteiger partial charge on any atom is -0.450 e. The summed E-state index contributed by atoms with van der Waals surface area (Å²) in [5, 5.41) is 0. The summed E-state index contributed by atoms with van der Waals surface area (Å²) in [5.41, 5.74) is 2.86. The highest BCUT2D eigenvalue weighted by Crippen LogP contribution is 2.36. The Labute approximate surface area is 170 Å².